The van der Waals surface area contributed by atoms with Crippen LogP contribution in [0.5, 0.6) is 0 Å². The number of amides is 1. The molecule has 20 heavy (non-hydrogen) atoms. The van der Waals surface area contributed by atoms with Crippen LogP contribution in [-0.4, -0.2) is 43.2 Å². The Balaban J connectivity index is 1.90. The number of carboxylic acid groups (broad SMARTS) is 1. The minimum absolute atomic E-state index is 0.0961. The summed E-state index contributed by atoms with van der Waals surface area (Å²) in [7, 11) is 0. The van der Waals surface area contributed by atoms with Gasteiger partial charge < -0.3 is 10.4 Å². The molecule has 0 aromatic carbocycles. The van der Waals surface area contributed by atoms with Gasteiger partial charge >= 0.3 is 5.97 Å². The van der Waals surface area contributed by atoms with E-state index in [-0.39, 0.29) is 18.9 Å². The van der Waals surface area contributed by atoms with Crippen molar-refractivity contribution in [2.75, 3.05) is 0 Å². The fraction of sp³-hybridized carbons (Fsp3) is 0.364. The van der Waals surface area contributed by atoms with E-state index < -0.39 is 12.0 Å². The third kappa shape index (κ3) is 3.85. The molecule has 0 bridgehead atoms. The number of rotatable bonds is 6. The molecule has 2 rings (SSSR count). The predicted molar refractivity (Wildman–Crippen MR) is 71.0 cm³/mol. The van der Waals surface area contributed by atoms with Gasteiger partial charge in [-0.15, -0.1) is 10.2 Å². The maximum absolute atomic E-state index is 11.7. The minimum atomic E-state index is -0.962. The van der Waals surface area contributed by atoms with Gasteiger partial charge in [-0.1, -0.05) is 0 Å². The van der Waals surface area contributed by atoms with Crippen LogP contribution in [0.25, 0.3) is 11.4 Å². The van der Waals surface area contributed by atoms with Crippen molar-refractivity contribution in [3.63, 3.8) is 0 Å². The van der Waals surface area contributed by atoms with Gasteiger partial charge in [-0.05, 0) is 23.6 Å². The van der Waals surface area contributed by atoms with E-state index in [2.05, 4.69) is 20.7 Å². The number of nitrogens with zero attached hydrogens (tertiary/aromatic N) is 4. The Labute approximate surface area is 118 Å². The quantitative estimate of drug-likeness (QED) is 0.797. The molecule has 106 valence electrons. The SMILES string of the molecule is CC(CC(=O)O)NC(=O)Cn1nnc(-c2ccsc2)n1. The van der Waals surface area contributed by atoms with Crippen LogP contribution in [0.2, 0.25) is 0 Å². The van der Waals surface area contributed by atoms with E-state index >= 15 is 0 Å². The van der Waals surface area contributed by atoms with Gasteiger partial charge in [0.15, 0.2) is 0 Å². The summed E-state index contributed by atoms with van der Waals surface area (Å²) in [5, 5.41) is 26.7. The molecule has 2 N–H and O–H groups in total. The summed E-state index contributed by atoms with van der Waals surface area (Å²) in [5.74, 6) is -0.859. The van der Waals surface area contributed by atoms with Crippen molar-refractivity contribution < 1.29 is 14.7 Å². The maximum Gasteiger partial charge on any atom is 0.305 e. The number of carboxylic acids is 1. The molecule has 1 atom stereocenters. The largest absolute Gasteiger partial charge is 0.481 e. The highest BCUT2D eigenvalue weighted by Crippen LogP contribution is 2.16. The molecule has 1 amide bonds. The van der Waals surface area contributed by atoms with Gasteiger partial charge in [0.2, 0.25) is 11.7 Å². The summed E-state index contributed by atoms with van der Waals surface area (Å²) in [6.07, 6.45) is -0.128. The normalized spacial score (nSPS) is 12.1. The summed E-state index contributed by atoms with van der Waals surface area (Å²) < 4.78 is 0. The Morgan fingerprint density at radius 1 is 1.55 bits per heavy atom. The zero-order chi connectivity index (χ0) is 14.5. The lowest BCUT2D eigenvalue weighted by Gasteiger charge is -2.10. The fourth-order valence-corrected chi connectivity index (χ4v) is 2.21. The third-order valence-corrected chi connectivity index (χ3v) is 3.09. The highest BCUT2D eigenvalue weighted by molar-refractivity contribution is 7.08. The first-order chi connectivity index (χ1) is 9.54. The molecule has 2 heterocycles. The number of aliphatic carboxylic acids is 1. The van der Waals surface area contributed by atoms with E-state index in [0.717, 1.165) is 5.56 Å². The average Bonchev–Trinajstić information content (AvgIpc) is 2.96. The van der Waals surface area contributed by atoms with Crippen molar-refractivity contribution >= 4 is 23.2 Å². The lowest BCUT2D eigenvalue weighted by molar-refractivity contribution is -0.137. The predicted octanol–water partition coefficient (Wildman–Crippen LogP) is 0.381. The van der Waals surface area contributed by atoms with Gasteiger partial charge in [0.05, 0.1) is 6.42 Å². The number of aromatic nitrogens is 4. The number of thiophene rings is 1. The average molecular weight is 295 g/mol. The van der Waals surface area contributed by atoms with Crippen LogP contribution in [0.3, 0.4) is 0 Å². The molecule has 8 nitrogen and oxygen atoms in total. The van der Waals surface area contributed by atoms with Crippen molar-refractivity contribution in [2.45, 2.75) is 25.9 Å². The number of hydrogen-bond acceptors (Lipinski definition) is 6. The number of nitrogens with one attached hydrogen (secondary N) is 1. The van der Waals surface area contributed by atoms with Gasteiger partial charge in [-0.2, -0.15) is 16.1 Å². The van der Waals surface area contributed by atoms with Crippen molar-refractivity contribution in [3.8, 4) is 11.4 Å². The molecule has 0 saturated heterocycles. The van der Waals surface area contributed by atoms with Crippen LogP contribution in [0.1, 0.15) is 13.3 Å². The van der Waals surface area contributed by atoms with Crippen LogP contribution >= 0.6 is 11.3 Å². The minimum Gasteiger partial charge on any atom is -0.481 e. The standard InChI is InChI=1S/C11H13N5O3S/c1-7(4-10(18)19)12-9(17)5-16-14-11(13-15-16)8-2-3-20-6-8/h2-3,6-7H,4-5H2,1H3,(H,12,17)(H,18,19). The molecule has 1 unspecified atom stereocenters. The van der Waals surface area contributed by atoms with Crippen LogP contribution < -0.4 is 5.32 Å². The van der Waals surface area contributed by atoms with E-state index in [4.69, 9.17) is 5.11 Å². The monoisotopic (exact) mass is 295 g/mol. The second kappa shape index (κ2) is 6.24. The molecule has 2 aromatic rings. The number of carbonyl (C=O) groups excluding carboxylic acids is 1. The molecule has 0 aliphatic heterocycles. The van der Waals surface area contributed by atoms with Crippen LogP contribution in [0.4, 0.5) is 0 Å². The summed E-state index contributed by atoms with van der Waals surface area (Å²) in [6.45, 7) is 1.53. The first-order valence-corrected chi connectivity index (χ1v) is 6.80. The Hall–Kier alpha value is -2.29. The Morgan fingerprint density at radius 2 is 2.35 bits per heavy atom. The van der Waals surface area contributed by atoms with Crippen molar-refractivity contribution in [2.24, 2.45) is 0 Å². The molecule has 0 spiro atoms. The lowest BCUT2D eigenvalue weighted by Crippen LogP contribution is -2.36. The second-order valence-electron chi connectivity index (χ2n) is 4.22. The Bertz CT molecular complexity index is 595. The molecule has 0 fully saturated rings. The summed E-state index contributed by atoms with van der Waals surface area (Å²) >= 11 is 1.52. The number of hydrogen-bond donors (Lipinski definition) is 2. The zero-order valence-electron chi connectivity index (χ0n) is 10.7. The fourth-order valence-electron chi connectivity index (χ4n) is 1.58. The first kappa shape index (κ1) is 14.1. The third-order valence-electron chi connectivity index (χ3n) is 2.41. The molecule has 0 aliphatic carbocycles. The zero-order valence-corrected chi connectivity index (χ0v) is 11.5. The number of carbonyl (C=O) groups is 2. The van der Waals surface area contributed by atoms with Gasteiger partial charge in [-0.25, -0.2) is 0 Å². The van der Waals surface area contributed by atoms with Crippen molar-refractivity contribution in [1.29, 1.82) is 0 Å². The van der Waals surface area contributed by atoms with E-state index in [1.807, 2.05) is 16.8 Å². The highest BCUT2D eigenvalue weighted by Gasteiger charge is 2.13. The summed E-state index contributed by atoms with van der Waals surface area (Å²) in [4.78, 5) is 23.3. The molecular weight excluding hydrogens is 282 g/mol. The Kier molecular flexibility index (Phi) is 4.41. The summed E-state index contributed by atoms with van der Waals surface area (Å²) in [5.41, 5.74) is 0.848. The van der Waals surface area contributed by atoms with E-state index in [0.29, 0.717) is 5.82 Å². The maximum atomic E-state index is 11.7. The Morgan fingerprint density at radius 3 is 3.00 bits per heavy atom. The lowest BCUT2D eigenvalue weighted by atomic mass is 10.2. The molecule has 2 aromatic heterocycles. The smallest absolute Gasteiger partial charge is 0.305 e. The highest BCUT2D eigenvalue weighted by atomic mass is 32.1. The van der Waals surface area contributed by atoms with E-state index in [1.54, 1.807) is 6.92 Å². The van der Waals surface area contributed by atoms with Crippen LogP contribution in [0.15, 0.2) is 16.8 Å². The van der Waals surface area contributed by atoms with Crippen LogP contribution in [0, 0.1) is 0 Å². The summed E-state index contributed by atoms with van der Waals surface area (Å²) in [6, 6.07) is 1.42. The topological polar surface area (TPSA) is 110 Å². The molecule has 9 heteroatoms. The first-order valence-electron chi connectivity index (χ1n) is 5.86. The molecule has 0 radical (unpaired) electrons. The molecule has 0 saturated carbocycles. The number of tetrazole rings is 1. The molecule has 0 aliphatic rings. The molecular formula is C11H13N5O3S. The van der Waals surface area contributed by atoms with Gasteiger partial charge in [-0.3, -0.25) is 9.59 Å². The van der Waals surface area contributed by atoms with Crippen molar-refractivity contribution in [3.05, 3.63) is 16.8 Å². The van der Waals surface area contributed by atoms with E-state index in [9.17, 15) is 9.59 Å². The van der Waals surface area contributed by atoms with Gasteiger partial charge in [0.25, 0.3) is 0 Å². The van der Waals surface area contributed by atoms with Gasteiger partial charge in [0.1, 0.15) is 6.54 Å². The van der Waals surface area contributed by atoms with E-state index in [1.165, 1.54) is 16.1 Å². The van der Waals surface area contributed by atoms with Gasteiger partial charge in [0, 0.05) is 17.0 Å². The second-order valence-corrected chi connectivity index (χ2v) is 5.00. The van der Waals surface area contributed by atoms with Crippen LogP contribution in [-0.2, 0) is 16.1 Å². The van der Waals surface area contributed by atoms with Crippen molar-refractivity contribution in [1.82, 2.24) is 25.5 Å².